The predicted molar refractivity (Wildman–Crippen MR) is 147 cm³/mol. The van der Waals surface area contributed by atoms with Gasteiger partial charge in [-0.05, 0) is 79.8 Å². The van der Waals surface area contributed by atoms with Gasteiger partial charge in [0.25, 0.3) is 0 Å². The van der Waals surface area contributed by atoms with Gasteiger partial charge in [0.15, 0.2) is 11.5 Å². The van der Waals surface area contributed by atoms with E-state index in [0.29, 0.717) is 5.92 Å². The highest BCUT2D eigenvalue weighted by molar-refractivity contribution is 5.80. The zero-order valence-corrected chi connectivity index (χ0v) is 22.0. The summed E-state index contributed by atoms with van der Waals surface area (Å²) in [4.78, 5) is 0. The number of benzene rings is 3. The molecule has 0 bridgehead atoms. The van der Waals surface area contributed by atoms with E-state index in [-0.39, 0.29) is 5.92 Å². The highest BCUT2D eigenvalue weighted by Gasteiger charge is 2.31. The lowest BCUT2D eigenvalue weighted by Gasteiger charge is -2.21. The summed E-state index contributed by atoms with van der Waals surface area (Å²) in [7, 11) is 0. The molecular formula is C33H32O4. The van der Waals surface area contributed by atoms with Gasteiger partial charge in [0, 0.05) is 16.7 Å². The van der Waals surface area contributed by atoms with Gasteiger partial charge in [0.2, 0.25) is 0 Å². The topological polar surface area (TPSA) is 44.7 Å². The van der Waals surface area contributed by atoms with Crippen LogP contribution >= 0.6 is 0 Å². The molecule has 3 heterocycles. The van der Waals surface area contributed by atoms with Crippen LogP contribution < -0.4 is 9.47 Å². The van der Waals surface area contributed by atoms with Crippen LogP contribution in [0.3, 0.4) is 0 Å². The highest BCUT2D eigenvalue weighted by Crippen LogP contribution is 2.39. The Bertz CT molecular complexity index is 1600. The Kier molecular flexibility index (Phi) is 5.63. The van der Waals surface area contributed by atoms with Gasteiger partial charge < -0.3 is 18.3 Å². The molecule has 6 rings (SSSR count). The molecule has 188 valence electrons. The maximum Gasteiger partial charge on any atom is 0.169 e. The molecular weight excluding hydrogens is 460 g/mol. The minimum atomic E-state index is -0.391. The van der Waals surface area contributed by atoms with Gasteiger partial charge in [0.05, 0.1) is 5.41 Å². The van der Waals surface area contributed by atoms with Crippen LogP contribution in [0, 0.1) is 5.92 Å². The molecule has 0 saturated heterocycles. The first kappa shape index (κ1) is 23.5. The number of para-hydroxylation sites is 1. The molecule has 0 fully saturated rings. The van der Waals surface area contributed by atoms with Crippen molar-refractivity contribution in [3.63, 3.8) is 0 Å². The van der Waals surface area contributed by atoms with Crippen molar-refractivity contribution in [3.05, 3.63) is 107 Å². The van der Waals surface area contributed by atoms with E-state index in [1.807, 2.05) is 24.3 Å². The Morgan fingerprint density at radius 1 is 0.730 bits per heavy atom. The quantitative estimate of drug-likeness (QED) is 0.237. The number of rotatable bonds is 6. The number of furan rings is 2. The van der Waals surface area contributed by atoms with Crippen molar-refractivity contribution in [3.8, 4) is 11.5 Å². The fourth-order valence-corrected chi connectivity index (χ4v) is 4.94. The molecule has 0 amide bonds. The van der Waals surface area contributed by atoms with Crippen LogP contribution in [0.5, 0.6) is 11.5 Å². The van der Waals surface area contributed by atoms with E-state index in [9.17, 15) is 0 Å². The van der Waals surface area contributed by atoms with Crippen molar-refractivity contribution in [2.24, 2.45) is 5.92 Å². The fourth-order valence-electron chi connectivity index (χ4n) is 4.94. The summed E-state index contributed by atoms with van der Waals surface area (Å²) in [5, 5.41) is 2.21. The molecule has 2 aromatic heterocycles. The highest BCUT2D eigenvalue weighted by atomic mass is 16.6. The van der Waals surface area contributed by atoms with E-state index in [1.165, 1.54) is 11.1 Å². The molecule has 0 spiro atoms. The molecule has 1 atom stereocenters. The first-order valence-corrected chi connectivity index (χ1v) is 13.0. The number of fused-ring (bicyclic) bond motifs is 3. The molecule has 1 aliphatic heterocycles. The lowest BCUT2D eigenvalue weighted by Crippen LogP contribution is -2.16. The van der Waals surface area contributed by atoms with E-state index in [1.54, 1.807) is 6.26 Å². The van der Waals surface area contributed by atoms with Crippen molar-refractivity contribution in [2.45, 2.75) is 52.4 Å². The van der Waals surface area contributed by atoms with E-state index < -0.39 is 5.41 Å². The first-order chi connectivity index (χ1) is 17.8. The number of allylic oxidation sites excluding steroid dienone is 1. The Balaban J connectivity index is 1.24. The summed E-state index contributed by atoms with van der Waals surface area (Å²) in [6, 6.07) is 25.1. The van der Waals surface area contributed by atoms with Crippen LogP contribution in [0.1, 0.15) is 63.2 Å². The monoisotopic (exact) mass is 492 g/mol. The first-order valence-electron chi connectivity index (χ1n) is 13.0. The minimum Gasteiger partial charge on any atom is -0.460 e. The maximum atomic E-state index is 6.33. The summed E-state index contributed by atoms with van der Waals surface area (Å²) < 4.78 is 24.4. The molecule has 1 aliphatic rings. The van der Waals surface area contributed by atoms with Gasteiger partial charge in [-0.3, -0.25) is 0 Å². The minimum absolute atomic E-state index is 0.277. The Hall–Kier alpha value is -3.92. The van der Waals surface area contributed by atoms with Crippen LogP contribution in [0.15, 0.2) is 93.7 Å². The van der Waals surface area contributed by atoms with Crippen molar-refractivity contribution in [1.29, 1.82) is 0 Å². The Morgan fingerprint density at radius 3 is 2.22 bits per heavy atom. The second-order valence-corrected chi connectivity index (χ2v) is 11.0. The van der Waals surface area contributed by atoms with Crippen molar-refractivity contribution >= 4 is 21.9 Å². The zero-order valence-electron chi connectivity index (χ0n) is 22.0. The normalized spacial score (nSPS) is 14.4. The van der Waals surface area contributed by atoms with Crippen LogP contribution in [-0.2, 0) is 11.8 Å². The second kappa shape index (κ2) is 8.88. The third kappa shape index (κ3) is 4.31. The van der Waals surface area contributed by atoms with Gasteiger partial charge in [-0.1, -0.05) is 51.1 Å². The molecule has 3 aromatic carbocycles. The Morgan fingerprint density at radius 2 is 1.46 bits per heavy atom. The van der Waals surface area contributed by atoms with Gasteiger partial charge in [-0.15, -0.1) is 0 Å². The molecule has 4 heteroatoms. The molecule has 0 saturated carbocycles. The molecule has 0 N–H and O–H groups in total. The maximum absolute atomic E-state index is 6.33. The molecule has 37 heavy (non-hydrogen) atoms. The summed E-state index contributed by atoms with van der Waals surface area (Å²) in [6.07, 6.45) is 2.61. The lowest BCUT2D eigenvalue weighted by molar-refractivity contribution is 0.291. The summed E-state index contributed by atoms with van der Waals surface area (Å²) in [5.41, 5.74) is 3.90. The van der Waals surface area contributed by atoms with Gasteiger partial charge >= 0.3 is 0 Å². The van der Waals surface area contributed by atoms with Crippen molar-refractivity contribution < 1.29 is 18.3 Å². The van der Waals surface area contributed by atoms with E-state index in [4.69, 9.17) is 18.3 Å². The van der Waals surface area contributed by atoms with Gasteiger partial charge in [0.1, 0.15) is 34.7 Å². The molecule has 0 aliphatic carbocycles. The van der Waals surface area contributed by atoms with Crippen LogP contribution in [0.4, 0.5) is 0 Å². The number of ether oxygens (including phenoxy) is 2. The summed E-state index contributed by atoms with van der Waals surface area (Å²) in [6.45, 7) is 10.8. The summed E-state index contributed by atoms with van der Waals surface area (Å²) >= 11 is 0. The zero-order chi connectivity index (χ0) is 25.7. The average Bonchev–Trinajstić information content (AvgIpc) is 3.53. The molecule has 4 nitrogen and oxygen atoms in total. The van der Waals surface area contributed by atoms with E-state index in [0.717, 1.165) is 57.1 Å². The van der Waals surface area contributed by atoms with Crippen LogP contribution in [0.2, 0.25) is 0 Å². The Labute approximate surface area is 217 Å². The van der Waals surface area contributed by atoms with Gasteiger partial charge in [-0.25, -0.2) is 0 Å². The van der Waals surface area contributed by atoms with E-state index >= 15 is 0 Å². The average molecular weight is 493 g/mol. The standard InChI is InChI=1S/C33H32O4/c1-20(2)30-19-34-28-12-10-22(15-29(28)35-30)14-21(3)23-11-13-27-25(16-23)18-32(37-27)33(4,5)31-17-24-8-6-7-9-26(24)36-31/h6-13,15-21H,14H2,1-5H3. The number of hydrogen-bond donors (Lipinski definition) is 0. The largest absolute Gasteiger partial charge is 0.460 e. The third-order valence-corrected chi connectivity index (χ3v) is 7.42. The second-order valence-electron chi connectivity index (χ2n) is 11.0. The van der Waals surface area contributed by atoms with Crippen LogP contribution in [0.25, 0.3) is 21.9 Å². The third-order valence-electron chi connectivity index (χ3n) is 7.42. The van der Waals surface area contributed by atoms with Crippen LogP contribution in [-0.4, -0.2) is 0 Å². The SMILES string of the molecule is CC(C)C1=COc2ccc(CC(C)c3ccc4oc(C(C)(C)c5cc6ccccc6o5)cc4c3)cc2O1. The number of hydrogen-bond acceptors (Lipinski definition) is 4. The lowest BCUT2D eigenvalue weighted by atomic mass is 9.87. The summed E-state index contributed by atoms with van der Waals surface area (Å²) in [5.74, 6) is 4.80. The van der Waals surface area contributed by atoms with Crippen molar-refractivity contribution in [2.75, 3.05) is 0 Å². The van der Waals surface area contributed by atoms with E-state index in [2.05, 4.69) is 83.1 Å². The molecule has 5 aromatic rings. The molecule has 1 unspecified atom stereocenters. The smallest absolute Gasteiger partial charge is 0.169 e. The van der Waals surface area contributed by atoms with Crippen molar-refractivity contribution in [1.82, 2.24) is 0 Å². The predicted octanol–water partition coefficient (Wildman–Crippen LogP) is 9.12. The fraction of sp³-hybridized carbons (Fsp3) is 0.273. The van der Waals surface area contributed by atoms with Gasteiger partial charge in [-0.2, -0.15) is 0 Å². The molecule has 0 radical (unpaired) electrons.